The summed E-state index contributed by atoms with van der Waals surface area (Å²) in [6.07, 6.45) is 0. The summed E-state index contributed by atoms with van der Waals surface area (Å²) in [6, 6.07) is 0.572. The zero-order valence-electron chi connectivity index (χ0n) is 10.6. The Bertz CT molecular complexity index is 567. The number of carboxylic acids is 1. The molecule has 0 amide bonds. The van der Waals surface area contributed by atoms with Crippen LogP contribution in [0.2, 0.25) is 0 Å². The Hall–Kier alpha value is -0.900. The van der Waals surface area contributed by atoms with E-state index in [2.05, 4.69) is 15.9 Å². The maximum absolute atomic E-state index is 12.3. The molecule has 0 aliphatic rings. The van der Waals surface area contributed by atoms with Crippen molar-refractivity contribution in [3.05, 3.63) is 16.5 Å². The van der Waals surface area contributed by atoms with E-state index in [-0.39, 0.29) is 16.2 Å². The third-order valence-corrected chi connectivity index (χ3v) is 5.38. The van der Waals surface area contributed by atoms with Gasteiger partial charge in [-0.25, -0.2) is 13.2 Å². The van der Waals surface area contributed by atoms with E-state index in [1.807, 2.05) is 0 Å². The summed E-state index contributed by atoms with van der Waals surface area (Å²) in [4.78, 5) is 10.5. The van der Waals surface area contributed by atoms with Crippen LogP contribution in [0, 0.1) is 0 Å². The molecule has 1 aromatic heterocycles. The number of carboxylic acid groups (broad SMARTS) is 1. The van der Waals surface area contributed by atoms with Crippen molar-refractivity contribution in [2.45, 2.75) is 17.9 Å². The van der Waals surface area contributed by atoms with Crippen molar-refractivity contribution in [3.63, 3.8) is 0 Å². The van der Waals surface area contributed by atoms with E-state index in [9.17, 15) is 13.2 Å². The monoisotopic (exact) mass is 355 g/mol. The van der Waals surface area contributed by atoms with Gasteiger partial charge in [0.15, 0.2) is 4.67 Å². The maximum atomic E-state index is 12.3. The number of hydrogen-bond donors (Lipinski definition) is 1. The predicted octanol–water partition coefficient (Wildman–Crippen LogP) is 1.40. The molecular formula is C10H14BrNO6S. The molecule has 108 valence electrons. The van der Waals surface area contributed by atoms with Gasteiger partial charge < -0.3 is 14.3 Å². The summed E-state index contributed by atoms with van der Waals surface area (Å²) in [5.41, 5.74) is 0. The highest BCUT2D eigenvalue weighted by molar-refractivity contribution is 9.10. The molecule has 7 nitrogen and oxygen atoms in total. The lowest BCUT2D eigenvalue weighted by Gasteiger charge is -2.22. The van der Waals surface area contributed by atoms with Gasteiger partial charge in [0.1, 0.15) is 4.90 Å². The van der Waals surface area contributed by atoms with Gasteiger partial charge in [-0.15, -0.1) is 0 Å². The van der Waals surface area contributed by atoms with Crippen LogP contribution in [0.4, 0.5) is 0 Å². The van der Waals surface area contributed by atoms with Gasteiger partial charge in [0.05, 0.1) is 6.61 Å². The summed E-state index contributed by atoms with van der Waals surface area (Å²) in [6.45, 7) is 1.89. The molecule has 0 aliphatic carbocycles. The number of rotatable bonds is 6. The molecule has 0 aromatic carbocycles. The average molecular weight is 356 g/mol. The van der Waals surface area contributed by atoms with Crippen LogP contribution in [0.15, 0.2) is 20.0 Å². The predicted molar refractivity (Wildman–Crippen MR) is 69.7 cm³/mol. The van der Waals surface area contributed by atoms with Crippen LogP contribution in [0.25, 0.3) is 0 Å². The Balaban J connectivity index is 3.16. The van der Waals surface area contributed by atoms with E-state index in [1.165, 1.54) is 14.2 Å². The second kappa shape index (κ2) is 6.04. The minimum atomic E-state index is -3.85. The van der Waals surface area contributed by atoms with Crippen LogP contribution in [0.5, 0.6) is 0 Å². The van der Waals surface area contributed by atoms with Gasteiger partial charge in [-0.3, -0.25) is 0 Å². The van der Waals surface area contributed by atoms with Crippen LogP contribution in [0.3, 0.4) is 0 Å². The van der Waals surface area contributed by atoms with Crippen molar-refractivity contribution >= 4 is 31.9 Å². The first-order valence-corrected chi connectivity index (χ1v) is 7.44. The molecule has 1 rings (SSSR count). The largest absolute Gasteiger partial charge is 0.475 e. The van der Waals surface area contributed by atoms with Crippen LogP contribution in [0.1, 0.15) is 17.5 Å². The Labute approximate surface area is 119 Å². The average Bonchev–Trinajstić information content (AvgIpc) is 2.71. The Morgan fingerprint density at radius 1 is 1.63 bits per heavy atom. The van der Waals surface area contributed by atoms with Crippen LogP contribution >= 0.6 is 15.9 Å². The molecule has 9 heteroatoms. The number of halogens is 1. The van der Waals surface area contributed by atoms with E-state index >= 15 is 0 Å². The number of nitrogens with zero attached hydrogens (tertiary/aromatic N) is 1. The van der Waals surface area contributed by atoms with E-state index < -0.39 is 27.8 Å². The second-order valence-corrected chi connectivity index (χ2v) is 6.57. The van der Waals surface area contributed by atoms with Crippen molar-refractivity contribution < 1.29 is 27.5 Å². The van der Waals surface area contributed by atoms with Gasteiger partial charge in [0.25, 0.3) is 0 Å². The third-order valence-electron chi connectivity index (χ3n) is 2.55. The molecule has 1 unspecified atom stereocenters. The minimum Gasteiger partial charge on any atom is -0.475 e. The lowest BCUT2D eigenvalue weighted by Crippen LogP contribution is -2.37. The lowest BCUT2D eigenvalue weighted by molar-refractivity contribution is 0.0661. The van der Waals surface area contributed by atoms with Gasteiger partial charge >= 0.3 is 5.97 Å². The molecule has 0 saturated heterocycles. The molecule has 19 heavy (non-hydrogen) atoms. The number of likely N-dealkylation sites (N-methyl/N-ethyl adjacent to an activating group) is 1. The number of carbonyl (C=O) groups is 1. The number of hydrogen-bond acceptors (Lipinski definition) is 5. The van der Waals surface area contributed by atoms with Gasteiger partial charge in [0, 0.05) is 26.3 Å². The quantitative estimate of drug-likeness (QED) is 0.828. The van der Waals surface area contributed by atoms with Crippen molar-refractivity contribution in [2.75, 3.05) is 20.8 Å². The minimum absolute atomic E-state index is 0.138. The van der Waals surface area contributed by atoms with Crippen molar-refractivity contribution in [3.8, 4) is 0 Å². The van der Waals surface area contributed by atoms with Crippen molar-refractivity contribution in [2.24, 2.45) is 0 Å². The van der Waals surface area contributed by atoms with Crippen LogP contribution < -0.4 is 0 Å². The summed E-state index contributed by atoms with van der Waals surface area (Å²) < 4.78 is 35.3. The molecule has 0 bridgehead atoms. The van der Waals surface area contributed by atoms with Crippen molar-refractivity contribution in [1.82, 2.24) is 4.31 Å². The topological polar surface area (TPSA) is 97.0 Å². The molecule has 0 saturated carbocycles. The molecule has 0 aliphatic heterocycles. The number of sulfonamides is 1. The van der Waals surface area contributed by atoms with E-state index in [0.717, 1.165) is 10.4 Å². The van der Waals surface area contributed by atoms with Crippen LogP contribution in [-0.2, 0) is 14.8 Å². The normalized spacial score (nSPS) is 13.7. The Morgan fingerprint density at radius 2 is 2.21 bits per heavy atom. The summed E-state index contributed by atoms with van der Waals surface area (Å²) in [5.74, 6) is -1.78. The zero-order chi connectivity index (χ0) is 14.8. The zero-order valence-corrected chi connectivity index (χ0v) is 13.0. The molecule has 0 fully saturated rings. The van der Waals surface area contributed by atoms with Gasteiger partial charge in [-0.05, 0) is 22.9 Å². The molecular weight excluding hydrogens is 342 g/mol. The first-order chi connectivity index (χ1) is 8.71. The molecule has 1 aromatic rings. The number of methoxy groups -OCH3 is 1. The first kappa shape index (κ1) is 16.2. The standard InChI is InChI=1S/C10H14BrNO6S/c1-6(5-17-3)12(2)19(15,16)8-4-7(10(13)14)18-9(8)11/h4,6H,5H2,1-3H3,(H,13,14). The lowest BCUT2D eigenvalue weighted by atomic mass is 10.4. The van der Waals surface area contributed by atoms with E-state index in [0.29, 0.717) is 0 Å². The highest BCUT2D eigenvalue weighted by Gasteiger charge is 2.31. The van der Waals surface area contributed by atoms with Crippen molar-refractivity contribution in [1.29, 1.82) is 0 Å². The smallest absolute Gasteiger partial charge is 0.371 e. The number of ether oxygens (including phenoxy) is 1. The van der Waals surface area contributed by atoms with Crippen LogP contribution in [-0.4, -0.2) is 50.6 Å². The number of furan rings is 1. The van der Waals surface area contributed by atoms with Gasteiger partial charge in [0.2, 0.25) is 15.8 Å². The Kier molecular flexibility index (Phi) is 5.13. The van der Waals surface area contributed by atoms with Gasteiger partial charge in [-0.1, -0.05) is 0 Å². The van der Waals surface area contributed by atoms with Gasteiger partial charge in [-0.2, -0.15) is 4.31 Å². The third kappa shape index (κ3) is 3.35. The molecule has 1 N–H and O–H groups in total. The van der Waals surface area contributed by atoms with E-state index in [4.69, 9.17) is 14.3 Å². The SMILES string of the molecule is COCC(C)N(C)S(=O)(=O)c1cc(C(=O)O)oc1Br. The molecule has 1 heterocycles. The summed E-state index contributed by atoms with van der Waals surface area (Å²) in [5, 5.41) is 8.78. The van der Waals surface area contributed by atoms with E-state index in [1.54, 1.807) is 6.92 Å². The fourth-order valence-electron chi connectivity index (χ4n) is 1.37. The molecule has 0 spiro atoms. The highest BCUT2D eigenvalue weighted by atomic mass is 79.9. The summed E-state index contributed by atoms with van der Waals surface area (Å²) in [7, 11) is -1.00. The molecule has 0 radical (unpaired) electrons. The fourth-order valence-corrected chi connectivity index (χ4v) is 3.62. The second-order valence-electron chi connectivity index (χ2n) is 3.88. The number of aromatic carboxylic acids is 1. The summed E-state index contributed by atoms with van der Waals surface area (Å²) >= 11 is 2.91. The maximum Gasteiger partial charge on any atom is 0.371 e. The highest BCUT2D eigenvalue weighted by Crippen LogP contribution is 2.29. The molecule has 1 atom stereocenters. The fraction of sp³-hybridized carbons (Fsp3) is 0.500. The first-order valence-electron chi connectivity index (χ1n) is 5.21. The Morgan fingerprint density at radius 3 is 2.63 bits per heavy atom.